The molecule has 3 rings (SSSR count). The molecule has 40 heavy (non-hydrogen) atoms. The first-order valence-corrected chi connectivity index (χ1v) is 14.3. The molecule has 216 valence electrons. The molecule has 0 bridgehead atoms. The molecule has 0 fully saturated rings. The molecule has 0 radical (unpaired) electrons. The van der Waals surface area contributed by atoms with Crippen LogP contribution in [0.25, 0.3) is 0 Å². The third-order valence-corrected chi connectivity index (χ3v) is 7.01. The molecular formula is C33H41F3N2O2. The summed E-state index contributed by atoms with van der Waals surface area (Å²) in [5.41, 5.74) is 7.69. The molecule has 7 heteroatoms. The highest BCUT2D eigenvalue weighted by molar-refractivity contribution is 5.97. The Morgan fingerprint density at radius 2 is 1.43 bits per heavy atom. The number of benzene rings is 3. The van der Waals surface area contributed by atoms with Crippen molar-refractivity contribution in [2.24, 2.45) is 5.73 Å². The van der Waals surface area contributed by atoms with Gasteiger partial charge in [0.2, 0.25) is 5.91 Å². The van der Waals surface area contributed by atoms with E-state index >= 15 is 0 Å². The van der Waals surface area contributed by atoms with Crippen LogP contribution in [0.15, 0.2) is 78.9 Å². The van der Waals surface area contributed by atoms with Crippen molar-refractivity contribution >= 4 is 11.6 Å². The Kier molecular flexibility index (Phi) is 12.5. The Morgan fingerprint density at radius 3 is 2.02 bits per heavy atom. The second-order valence-electron chi connectivity index (χ2n) is 10.1. The van der Waals surface area contributed by atoms with Gasteiger partial charge in [0.05, 0.1) is 12.2 Å². The zero-order valence-corrected chi connectivity index (χ0v) is 23.3. The Morgan fingerprint density at radius 1 is 0.825 bits per heavy atom. The number of ether oxygens (including phenoxy) is 1. The van der Waals surface area contributed by atoms with E-state index in [2.05, 4.69) is 6.92 Å². The Hall–Kier alpha value is -3.32. The minimum atomic E-state index is -4.39. The molecule has 4 nitrogen and oxygen atoms in total. The monoisotopic (exact) mass is 554 g/mol. The summed E-state index contributed by atoms with van der Waals surface area (Å²) in [4.78, 5) is 15.1. The topological polar surface area (TPSA) is 55.6 Å². The average molecular weight is 555 g/mol. The number of hydrogen-bond donors (Lipinski definition) is 1. The van der Waals surface area contributed by atoms with Crippen LogP contribution in [0.2, 0.25) is 0 Å². The van der Waals surface area contributed by atoms with Crippen molar-refractivity contribution in [1.82, 2.24) is 0 Å². The fourth-order valence-corrected chi connectivity index (χ4v) is 4.59. The Balaban J connectivity index is 1.62. The second-order valence-corrected chi connectivity index (χ2v) is 10.1. The van der Waals surface area contributed by atoms with Crippen molar-refractivity contribution in [2.75, 3.05) is 18.1 Å². The van der Waals surface area contributed by atoms with Gasteiger partial charge in [0, 0.05) is 12.2 Å². The van der Waals surface area contributed by atoms with Crippen LogP contribution in [0.1, 0.15) is 81.0 Å². The number of alkyl halides is 3. The van der Waals surface area contributed by atoms with Crippen molar-refractivity contribution in [3.63, 3.8) is 0 Å². The summed E-state index contributed by atoms with van der Waals surface area (Å²) in [5.74, 6) is 0.444. The molecule has 0 aromatic heterocycles. The number of rotatable bonds is 16. The van der Waals surface area contributed by atoms with Crippen molar-refractivity contribution in [3.8, 4) is 5.75 Å². The molecule has 0 spiro atoms. The number of nitrogens with two attached hydrogens (primary N) is 1. The van der Waals surface area contributed by atoms with Gasteiger partial charge in [-0.1, -0.05) is 94.3 Å². The molecule has 3 aromatic rings. The number of carbonyl (C=O) groups is 1. The van der Waals surface area contributed by atoms with E-state index in [1.807, 2.05) is 42.5 Å². The lowest BCUT2D eigenvalue weighted by atomic mass is 10.0. The molecule has 1 atom stereocenters. The van der Waals surface area contributed by atoms with Gasteiger partial charge in [0.25, 0.3) is 0 Å². The molecule has 0 aliphatic rings. The molecule has 1 amide bonds. The summed E-state index contributed by atoms with van der Waals surface area (Å²) in [6.45, 7) is 3.13. The fraction of sp³-hybridized carbons (Fsp3) is 0.424. The van der Waals surface area contributed by atoms with Crippen molar-refractivity contribution in [3.05, 3.63) is 95.6 Å². The van der Waals surface area contributed by atoms with Gasteiger partial charge >= 0.3 is 6.18 Å². The summed E-state index contributed by atoms with van der Waals surface area (Å²) in [6, 6.07) is 20.6. The quantitative estimate of drug-likeness (QED) is 0.181. The van der Waals surface area contributed by atoms with E-state index in [0.29, 0.717) is 29.8 Å². The van der Waals surface area contributed by atoms with Gasteiger partial charge in [-0.3, -0.25) is 4.79 Å². The highest BCUT2D eigenvalue weighted by Crippen LogP contribution is 2.29. The minimum Gasteiger partial charge on any atom is -0.494 e. The lowest BCUT2D eigenvalue weighted by Crippen LogP contribution is -2.40. The van der Waals surface area contributed by atoms with Crippen LogP contribution in [0.3, 0.4) is 0 Å². The first kappa shape index (κ1) is 31.2. The molecule has 2 N–H and O–H groups in total. The number of nitrogens with zero attached hydrogens (tertiary/aromatic N) is 1. The van der Waals surface area contributed by atoms with Crippen molar-refractivity contribution in [1.29, 1.82) is 0 Å². The number of hydrogen-bond acceptors (Lipinski definition) is 3. The van der Waals surface area contributed by atoms with Crippen LogP contribution in [0.5, 0.6) is 5.75 Å². The standard InChI is InChI=1S/C33H41F3N2O2/c1-2-3-4-5-6-7-8-12-25-40-30-21-19-29(20-22-30)38(32(39)31(37)27-13-10-9-11-14-27)24-23-26-15-17-28(18-16-26)33(34,35)36/h9-11,13-22,31H,2-8,12,23-25,37H2,1H3. The third kappa shape index (κ3) is 10.0. The van der Waals surface area contributed by atoms with Crippen LogP contribution >= 0.6 is 0 Å². The molecule has 0 saturated carbocycles. The van der Waals surface area contributed by atoms with Gasteiger partial charge in [0.1, 0.15) is 11.8 Å². The van der Waals surface area contributed by atoms with Crippen LogP contribution in [0.4, 0.5) is 18.9 Å². The molecule has 3 aromatic carbocycles. The molecule has 0 aliphatic carbocycles. The van der Waals surface area contributed by atoms with Gasteiger partial charge in [-0.05, 0) is 60.4 Å². The molecule has 0 heterocycles. The average Bonchev–Trinajstić information content (AvgIpc) is 2.97. The summed E-state index contributed by atoms with van der Waals surface area (Å²) in [5, 5.41) is 0. The summed E-state index contributed by atoms with van der Waals surface area (Å²) < 4.78 is 44.8. The zero-order valence-electron chi connectivity index (χ0n) is 23.3. The maximum absolute atomic E-state index is 13.5. The van der Waals surface area contributed by atoms with Gasteiger partial charge in [-0.15, -0.1) is 0 Å². The van der Waals surface area contributed by atoms with Crippen molar-refractivity contribution in [2.45, 2.75) is 76.9 Å². The molecule has 0 saturated heterocycles. The van der Waals surface area contributed by atoms with E-state index in [9.17, 15) is 18.0 Å². The highest BCUT2D eigenvalue weighted by atomic mass is 19.4. The zero-order chi connectivity index (χ0) is 28.8. The SMILES string of the molecule is CCCCCCCCCCOc1ccc(N(CCc2ccc(C(F)(F)F)cc2)C(=O)C(N)c2ccccc2)cc1. The third-order valence-electron chi connectivity index (χ3n) is 7.01. The molecule has 1 unspecified atom stereocenters. The van der Waals surface area contributed by atoms with E-state index in [1.54, 1.807) is 17.0 Å². The highest BCUT2D eigenvalue weighted by Gasteiger charge is 2.30. The summed E-state index contributed by atoms with van der Waals surface area (Å²) in [7, 11) is 0. The normalized spacial score (nSPS) is 12.2. The predicted molar refractivity (Wildman–Crippen MR) is 155 cm³/mol. The first-order chi connectivity index (χ1) is 19.3. The van der Waals surface area contributed by atoms with Crippen LogP contribution in [-0.4, -0.2) is 19.1 Å². The summed E-state index contributed by atoms with van der Waals surface area (Å²) >= 11 is 0. The van der Waals surface area contributed by atoms with E-state index in [4.69, 9.17) is 10.5 Å². The number of halogens is 3. The van der Waals surface area contributed by atoms with Crippen LogP contribution < -0.4 is 15.4 Å². The van der Waals surface area contributed by atoms with Crippen LogP contribution in [-0.2, 0) is 17.4 Å². The van der Waals surface area contributed by atoms with Crippen LogP contribution in [0, 0.1) is 0 Å². The Bertz CT molecular complexity index is 1130. The van der Waals surface area contributed by atoms with Crippen molar-refractivity contribution < 1.29 is 22.7 Å². The minimum absolute atomic E-state index is 0.267. The lowest BCUT2D eigenvalue weighted by Gasteiger charge is -2.26. The van der Waals surface area contributed by atoms with Gasteiger partial charge in [-0.2, -0.15) is 13.2 Å². The fourth-order valence-electron chi connectivity index (χ4n) is 4.59. The number of carbonyl (C=O) groups excluding carboxylic acids is 1. The van der Waals surface area contributed by atoms with Gasteiger partial charge in [0.15, 0.2) is 0 Å². The van der Waals surface area contributed by atoms with E-state index < -0.39 is 17.8 Å². The van der Waals surface area contributed by atoms with Gasteiger partial charge < -0.3 is 15.4 Å². The number of amides is 1. The Labute approximate surface area is 236 Å². The first-order valence-electron chi connectivity index (χ1n) is 14.3. The van der Waals surface area contributed by atoms with E-state index in [0.717, 1.165) is 30.7 Å². The number of anilines is 1. The maximum atomic E-state index is 13.5. The largest absolute Gasteiger partial charge is 0.494 e. The van der Waals surface area contributed by atoms with Gasteiger partial charge in [-0.25, -0.2) is 0 Å². The predicted octanol–water partition coefficient (Wildman–Crippen LogP) is 8.50. The van der Waals surface area contributed by atoms with E-state index in [1.165, 1.54) is 50.7 Å². The maximum Gasteiger partial charge on any atom is 0.416 e. The summed E-state index contributed by atoms with van der Waals surface area (Å²) in [6.07, 6.45) is 5.83. The smallest absolute Gasteiger partial charge is 0.416 e. The number of unbranched alkanes of at least 4 members (excludes halogenated alkanes) is 7. The second kappa shape index (κ2) is 16.1. The lowest BCUT2D eigenvalue weighted by molar-refractivity contribution is -0.137. The molecule has 0 aliphatic heterocycles. The molecular weight excluding hydrogens is 513 g/mol. The van der Waals surface area contributed by atoms with E-state index in [-0.39, 0.29) is 12.5 Å².